The molecule has 0 bridgehead atoms. The summed E-state index contributed by atoms with van der Waals surface area (Å²) >= 11 is 0. The molecular formula is C8H15Cl2N3O. The minimum absolute atomic E-state index is 0. The first-order valence-electron chi connectivity index (χ1n) is 4.40. The minimum Gasteiger partial charge on any atom is -0.338 e. The maximum Gasteiger partial charge on any atom is 0.243 e. The van der Waals surface area contributed by atoms with E-state index < -0.39 is 0 Å². The minimum atomic E-state index is 0. The number of rotatable bonds is 1. The normalized spacial score (nSPS) is 20.8. The molecule has 0 amide bonds. The summed E-state index contributed by atoms with van der Waals surface area (Å²) in [5.41, 5.74) is 0. The molecule has 0 radical (unpaired) electrons. The number of hydrogen-bond donors (Lipinski definition) is 1. The molecule has 82 valence electrons. The third-order valence-electron chi connectivity index (χ3n) is 2.15. The highest BCUT2D eigenvalue weighted by Gasteiger charge is 2.19. The molecule has 1 N–H and O–H groups in total. The van der Waals surface area contributed by atoms with E-state index in [1.54, 1.807) is 0 Å². The summed E-state index contributed by atoms with van der Waals surface area (Å²) in [6, 6.07) is 0.292. The van der Waals surface area contributed by atoms with Crippen LogP contribution in [0.15, 0.2) is 4.52 Å². The zero-order valence-corrected chi connectivity index (χ0v) is 9.66. The molecule has 14 heavy (non-hydrogen) atoms. The molecule has 1 saturated heterocycles. The highest BCUT2D eigenvalue weighted by Crippen LogP contribution is 2.20. The standard InChI is InChI=1S/C8H13N3O.2ClH/c1-6-10-8(12-11-6)7-4-2-3-5-9-7;;/h7,9H,2-5H2,1H3;2*1H. The first-order valence-corrected chi connectivity index (χ1v) is 4.40. The van der Waals surface area contributed by atoms with Crippen molar-refractivity contribution in [3.8, 4) is 0 Å². The lowest BCUT2D eigenvalue weighted by atomic mass is 10.1. The molecule has 1 aliphatic heterocycles. The van der Waals surface area contributed by atoms with Crippen LogP contribution in [-0.4, -0.2) is 16.7 Å². The Morgan fingerprint density at radius 3 is 2.64 bits per heavy atom. The number of hydrogen-bond acceptors (Lipinski definition) is 4. The van der Waals surface area contributed by atoms with Crippen molar-refractivity contribution in [2.45, 2.75) is 32.2 Å². The summed E-state index contributed by atoms with van der Waals surface area (Å²) in [4.78, 5) is 4.19. The number of piperidine rings is 1. The molecule has 0 spiro atoms. The number of halogens is 2. The summed E-state index contributed by atoms with van der Waals surface area (Å²) in [6.45, 7) is 2.90. The van der Waals surface area contributed by atoms with Crippen LogP contribution in [-0.2, 0) is 0 Å². The summed E-state index contributed by atoms with van der Waals surface area (Å²) in [7, 11) is 0. The van der Waals surface area contributed by atoms with E-state index in [-0.39, 0.29) is 24.8 Å². The largest absolute Gasteiger partial charge is 0.338 e. The van der Waals surface area contributed by atoms with Gasteiger partial charge in [0, 0.05) is 0 Å². The Morgan fingerprint density at radius 1 is 1.36 bits per heavy atom. The van der Waals surface area contributed by atoms with Crippen molar-refractivity contribution >= 4 is 24.8 Å². The van der Waals surface area contributed by atoms with E-state index in [1.165, 1.54) is 12.8 Å². The fraction of sp³-hybridized carbons (Fsp3) is 0.750. The van der Waals surface area contributed by atoms with Crippen molar-refractivity contribution < 1.29 is 4.52 Å². The lowest BCUT2D eigenvalue weighted by Gasteiger charge is -2.19. The third-order valence-corrected chi connectivity index (χ3v) is 2.15. The van der Waals surface area contributed by atoms with Gasteiger partial charge in [-0.3, -0.25) is 0 Å². The van der Waals surface area contributed by atoms with Crippen molar-refractivity contribution in [1.29, 1.82) is 0 Å². The number of nitrogens with zero attached hydrogens (tertiary/aromatic N) is 2. The summed E-state index contributed by atoms with van der Waals surface area (Å²) in [5, 5.41) is 7.12. The van der Waals surface area contributed by atoms with Gasteiger partial charge in [-0.05, 0) is 26.3 Å². The molecule has 2 rings (SSSR count). The van der Waals surface area contributed by atoms with Crippen LogP contribution in [0.2, 0.25) is 0 Å². The average molecular weight is 240 g/mol. The van der Waals surface area contributed by atoms with Crippen molar-refractivity contribution in [1.82, 2.24) is 15.5 Å². The van der Waals surface area contributed by atoms with Gasteiger partial charge >= 0.3 is 0 Å². The SMILES string of the molecule is Cc1noc(C2CCCCN2)n1.Cl.Cl. The van der Waals surface area contributed by atoms with Crippen LogP contribution in [0.5, 0.6) is 0 Å². The number of aromatic nitrogens is 2. The molecule has 4 nitrogen and oxygen atoms in total. The Hall–Kier alpha value is -0.320. The summed E-state index contributed by atoms with van der Waals surface area (Å²) in [5.74, 6) is 1.46. The van der Waals surface area contributed by atoms with Crippen molar-refractivity contribution in [3.63, 3.8) is 0 Å². The van der Waals surface area contributed by atoms with E-state index in [4.69, 9.17) is 4.52 Å². The molecule has 1 atom stereocenters. The number of aryl methyl sites for hydroxylation is 1. The fourth-order valence-corrected chi connectivity index (χ4v) is 1.52. The quantitative estimate of drug-likeness (QED) is 0.816. The van der Waals surface area contributed by atoms with Gasteiger partial charge in [0.05, 0.1) is 6.04 Å². The first kappa shape index (κ1) is 13.7. The van der Waals surface area contributed by atoms with Gasteiger partial charge in [-0.25, -0.2) is 0 Å². The van der Waals surface area contributed by atoms with Crippen molar-refractivity contribution in [3.05, 3.63) is 11.7 Å². The fourth-order valence-electron chi connectivity index (χ4n) is 1.52. The Bertz CT molecular complexity index is 261. The molecule has 0 aromatic carbocycles. The van der Waals surface area contributed by atoms with Crippen LogP contribution in [0.1, 0.15) is 37.0 Å². The lowest BCUT2D eigenvalue weighted by Crippen LogP contribution is -2.26. The van der Waals surface area contributed by atoms with E-state index in [0.29, 0.717) is 6.04 Å². The van der Waals surface area contributed by atoms with E-state index >= 15 is 0 Å². The summed E-state index contributed by atoms with van der Waals surface area (Å²) in [6.07, 6.45) is 3.62. The Balaban J connectivity index is 0.000000845. The monoisotopic (exact) mass is 239 g/mol. The molecule has 2 heterocycles. The maximum absolute atomic E-state index is 5.08. The smallest absolute Gasteiger partial charge is 0.243 e. The summed E-state index contributed by atoms with van der Waals surface area (Å²) < 4.78 is 5.08. The van der Waals surface area contributed by atoms with Crippen LogP contribution < -0.4 is 5.32 Å². The van der Waals surface area contributed by atoms with Gasteiger partial charge in [-0.1, -0.05) is 11.6 Å². The van der Waals surface area contributed by atoms with Gasteiger partial charge in [0.1, 0.15) is 0 Å². The third kappa shape index (κ3) is 3.12. The predicted molar refractivity (Wildman–Crippen MR) is 58.1 cm³/mol. The average Bonchev–Trinajstić information content (AvgIpc) is 2.54. The maximum atomic E-state index is 5.08. The second-order valence-corrected chi connectivity index (χ2v) is 3.18. The van der Waals surface area contributed by atoms with Gasteiger partial charge in [-0.15, -0.1) is 24.8 Å². The topological polar surface area (TPSA) is 51.0 Å². The van der Waals surface area contributed by atoms with Gasteiger partial charge in [0.25, 0.3) is 0 Å². The van der Waals surface area contributed by atoms with Crippen LogP contribution >= 0.6 is 24.8 Å². The molecule has 0 saturated carbocycles. The van der Waals surface area contributed by atoms with E-state index in [9.17, 15) is 0 Å². The van der Waals surface area contributed by atoms with Crippen molar-refractivity contribution in [2.75, 3.05) is 6.54 Å². The second-order valence-electron chi connectivity index (χ2n) is 3.18. The predicted octanol–water partition coefficient (Wildman–Crippen LogP) is 2.04. The molecular weight excluding hydrogens is 225 g/mol. The Labute approximate surface area is 95.7 Å². The number of nitrogens with one attached hydrogen (secondary N) is 1. The van der Waals surface area contributed by atoms with E-state index in [0.717, 1.165) is 24.7 Å². The van der Waals surface area contributed by atoms with Gasteiger partial charge in [-0.2, -0.15) is 4.98 Å². The van der Waals surface area contributed by atoms with Crippen molar-refractivity contribution in [2.24, 2.45) is 0 Å². The van der Waals surface area contributed by atoms with Crippen LogP contribution in [0.3, 0.4) is 0 Å². The molecule has 1 aliphatic rings. The Kier molecular flexibility index (Phi) is 6.08. The molecule has 1 aromatic heterocycles. The second kappa shape index (κ2) is 6.22. The molecule has 0 aliphatic carbocycles. The first-order chi connectivity index (χ1) is 5.86. The molecule has 1 aromatic rings. The van der Waals surface area contributed by atoms with Crippen LogP contribution in [0.25, 0.3) is 0 Å². The zero-order valence-electron chi connectivity index (χ0n) is 8.02. The lowest BCUT2D eigenvalue weighted by molar-refractivity contribution is 0.296. The molecule has 6 heteroatoms. The van der Waals surface area contributed by atoms with E-state index in [1.807, 2.05) is 6.92 Å². The van der Waals surface area contributed by atoms with Crippen LogP contribution in [0.4, 0.5) is 0 Å². The Morgan fingerprint density at radius 2 is 2.14 bits per heavy atom. The van der Waals surface area contributed by atoms with Gasteiger partial charge < -0.3 is 9.84 Å². The van der Waals surface area contributed by atoms with Gasteiger partial charge in [0.2, 0.25) is 5.89 Å². The zero-order chi connectivity index (χ0) is 8.39. The highest BCUT2D eigenvalue weighted by molar-refractivity contribution is 5.85. The molecule has 1 unspecified atom stereocenters. The highest BCUT2D eigenvalue weighted by atomic mass is 35.5. The molecule has 1 fully saturated rings. The van der Waals surface area contributed by atoms with Crippen LogP contribution in [0, 0.1) is 6.92 Å². The van der Waals surface area contributed by atoms with Gasteiger partial charge in [0.15, 0.2) is 5.82 Å². The van der Waals surface area contributed by atoms with E-state index in [2.05, 4.69) is 15.5 Å².